The normalized spacial score (nSPS) is 10.7. The van der Waals surface area contributed by atoms with E-state index < -0.39 is 0 Å². The van der Waals surface area contributed by atoms with Gasteiger partial charge in [0.05, 0.1) is 6.61 Å². The third-order valence-electron chi connectivity index (χ3n) is 4.28. The Morgan fingerprint density at radius 1 is 1.04 bits per heavy atom. The Labute approximate surface area is 159 Å². The Morgan fingerprint density at radius 3 is 2.59 bits per heavy atom. The molecule has 0 aliphatic carbocycles. The second kappa shape index (κ2) is 9.16. The number of hydrogen-bond acceptors (Lipinski definition) is 4. The number of aliphatic hydroxyl groups is 1. The summed E-state index contributed by atoms with van der Waals surface area (Å²) in [5, 5.41) is 17.2. The van der Waals surface area contributed by atoms with Crippen LogP contribution in [-0.4, -0.2) is 30.8 Å². The highest BCUT2D eigenvalue weighted by atomic mass is 16.5. The van der Waals surface area contributed by atoms with Crippen molar-refractivity contribution >= 4 is 22.4 Å². The number of fused-ring (bicyclic) bond motifs is 1. The summed E-state index contributed by atoms with van der Waals surface area (Å²) < 4.78 is 5.82. The van der Waals surface area contributed by atoms with Crippen LogP contribution in [0.25, 0.3) is 10.8 Å². The lowest BCUT2D eigenvalue weighted by Crippen LogP contribution is -2.22. The van der Waals surface area contributed by atoms with Crippen LogP contribution in [0.3, 0.4) is 0 Å². The summed E-state index contributed by atoms with van der Waals surface area (Å²) in [6, 6.07) is 19.5. The van der Waals surface area contributed by atoms with Gasteiger partial charge < -0.3 is 20.5 Å². The molecular formula is C22H24N2O3. The van der Waals surface area contributed by atoms with Crippen molar-refractivity contribution in [3.8, 4) is 5.75 Å². The van der Waals surface area contributed by atoms with E-state index in [4.69, 9.17) is 9.84 Å². The zero-order valence-electron chi connectivity index (χ0n) is 15.4. The minimum Gasteiger partial charge on any atom is -0.483 e. The molecule has 3 rings (SSSR count). The Morgan fingerprint density at radius 2 is 1.81 bits per heavy atom. The number of nitrogens with one attached hydrogen (secondary N) is 2. The first kappa shape index (κ1) is 18.9. The molecule has 3 N–H and O–H groups in total. The number of anilines is 1. The van der Waals surface area contributed by atoms with Crippen LogP contribution in [-0.2, 0) is 11.3 Å². The molecule has 27 heavy (non-hydrogen) atoms. The number of hydrogen-bond donors (Lipinski definition) is 3. The monoisotopic (exact) mass is 364 g/mol. The summed E-state index contributed by atoms with van der Waals surface area (Å²) in [7, 11) is 0. The van der Waals surface area contributed by atoms with E-state index in [0.717, 1.165) is 27.6 Å². The number of ether oxygens (including phenoxy) is 1. The van der Waals surface area contributed by atoms with E-state index in [1.807, 2.05) is 67.6 Å². The van der Waals surface area contributed by atoms with Crippen molar-refractivity contribution in [2.75, 3.05) is 25.1 Å². The first-order valence-electron chi connectivity index (χ1n) is 8.99. The van der Waals surface area contributed by atoms with E-state index in [9.17, 15) is 4.79 Å². The smallest absolute Gasteiger partial charge is 0.262 e. The Balaban J connectivity index is 1.72. The Kier molecular flexibility index (Phi) is 6.41. The van der Waals surface area contributed by atoms with Gasteiger partial charge >= 0.3 is 0 Å². The maximum atomic E-state index is 12.2. The third kappa shape index (κ3) is 5.06. The van der Waals surface area contributed by atoms with Crippen LogP contribution < -0.4 is 15.4 Å². The zero-order valence-corrected chi connectivity index (χ0v) is 15.4. The van der Waals surface area contributed by atoms with Gasteiger partial charge in [0.15, 0.2) is 6.61 Å². The second-order valence-corrected chi connectivity index (χ2v) is 6.37. The summed E-state index contributed by atoms with van der Waals surface area (Å²) >= 11 is 0. The first-order chi connectivity index (χ1) is 13.2. The van der Waals surface area contributed by atoms with Crippen LogP contribution in [0.15, 0.2) is 60.7 Å². The molecule has 0 aliphatic rings. The van der Waals surface area contributed by atoms with Crippen molar-refractivity contribution < 1.29 is 14.6 Å². The van der Waals surface area contributed by atoms with Crippen LogP contribution in [0.1, 0.15) is 11.1 Å². The molecule has 5 heteroatoms. The second-order valence-electron chi connectivity index (χ2n) is 6.37. The van der Waals surface area contributed by atoms with Gasteiger partial charge in [-0.1, -0.05) is 48.0 Å². The number of aliphatic hydroxyl groups excluding tert-OH is 1. The van der Waals surface area contributed by atoms with Gasteiger partial charge in [0.25, 0.3) is 5.91 Å². The van der Waals surface area contributed by atoms with Gasteiger partial charge in [-0.15, -0.1) is 0 Å². The standard InChI is InChI=1S/C22H24N2O3/c1-16-6-9-18(10-7-16)24-22(26)15-27-21-11-8-17-4-2-3-5-19(17)20(21)14-23-12-13-25/h2-11,23,25H,12-15H2,1H3,(H,24,26). The predicted molar refractivity (Wildman–Crippen MR) is 108 cm³/mol. The highest BCUT2D eigenvalue weighted by Gasteiger charge is 2.11. The number of carbonyl (C=O) groups is 1. The van der Waals surface area contributed by atoms with Crippen molar-refractivity contribution in [3.63, 3.8) is 0 Å². The van der Waals surface area contributed by atoms with Crippen molar-refractivity contribution in [2.45, 2.75) is 13.5 Å². The van der Waals surface area contributed by atoms with Crippen LogP contribution in [0.4, 0.5) is 5.69 Å². The fraction of sp³-hybridized carbons (Fsp3) is 0.227. The minimum atomic E-state index is -0.207. The van der Waals surface area contributed by atoms with E-state index in [1.165, 1.54) is 0 Å². The maximum Gasteiger partial charge on any atom is 0.262 e. The quantitative estimate of drug-likeness (QED) is 0.537. The summed E-state index contributed by atoms with van der Waals surface area (Å²) in [6.07, 6.45) is 0. The van der Waals surface area contributed by atoms with Gasteiger partial charge in [0.1, 0.15) is 5.75 Å². The minimum absolute atomic E-state index is 0.0694. The van der Waals surface area contributed by atoms with Crippen molar-refractivity contribution in [3.05, 3.63) is 71.8 Å². The molecule has 0 radical (unpaired) electrons. The van der Waals surface area contributed by atoms with Gasteiger partial charge in [-0.2, -0.15) is 0 Å². The van der Waals surface area contributed by atoms with E-state index in [1.54, 1.807) is 0 Å². The highest BCUT2D eigenvalue weighted by Crippen LogP contribution is 2.28. The Bertz CT molecular complexity index is 907. The molecule has 140 valence electrons. The molecule has 3 aromatic carbocycles. The van der Waals surface area contributed by atoms with E-state index in [2.05, 4.69) is 10.6 Å². The van der Waals surface area contributed by atoms with Crippen LogP contribution >= 0.6 is 0 Å². The van der Waals surface area contributed by atoms with Crippen molar-refractivity contribution in [1.29, 1.82) is 0 Å². The number of rotatable bonds is 8. The lowest BCUT2D eigenvalue weighted by molar-refractivity contribution is -0.118. The molecule has 0 spiro atoms. The van der Waals surface area contributed by atoms with Crippen LogP contribution in [0.5, 0.6) is 5.75 Å². The molecule has 0 aliphatic heterocycles. The van der Waals surface area contributed by atoms with Gasteiger partial charge in [-0.25, -0.2) is 0 Å². The van der Waals surface area contributed by atoms with Gasteiger partial charge in [-0.3, -0.25) is 4.79 Å². The largest absolute Gasteiger partial charge is 0.483 e. The molecule has 5 nitrogen and oxygen atoms in total. The van der Waals surface area contributed by atoms with Crippen molar-refractivity contribution in [2.24, 2.45) is 0 Å². The molecule has 0 saturated heterocycles. The van der Waals surface area contributed by atoms with Crippen LogP contribution in [0.2, 0.25) is 0 Å². The fourth-order valence-corrected chi connectivity index (χ4v) is 2.90. The van der Waals surface area contributed by atoms with E-state index >= 15 is 0 Å². The SMILES string of the molecule is Cc1ccc(NC(=O)COc2ccc3ccccc3c2CNCCO)cc1. The summed E-state index contributed by atoms with van der Waals surface area (Å²) in [6.45, 7) is 3.05. The lowest BCUT2D eigenvalue weighted by Gasteiger charge is -2.15. The van der Waals surface area contributed by atoms with Gasteiger partial charge in [0, 0.05) is 24.3 Å². The molecule has 0 aromatic heterocycles. The zero-order chi connectivity index (χ0) is 19.1. The van der Waals surface area contributed by atoms with Gasteiger partial charge in [0.2, 0.25) is 0 Å². The summed E-state index contributed by atoms with van der Waals surface area (Å²) in [4.78, 5) is 12.2. The Hall–Kier alpha value is -2.89. The molecular weight excluding hydrogens is 340 g/mol. The third-order valence-corrected chi connectivity index (χ3v) is 4.28. The highest BCUT2D eigenvalue weighted by molar-refractivity contribution is 5.92. The predicted octanol–water partition coefficient (Wildman–Crippen LogP) is 3.25. The summed E-state index contributed by atoms with van der Waals surface area (Å²) in [5.74, 6) is 0.458. The van der Waals surface area contributed by atoms with E-state index in [-0.39, 0.29) is 19.1 Å². The van der Waals surface area contributed by atoms with Crippen molar-refractivity contribution in [1.82, 2.24) is 5.32 Å². The lowest BCUT2D eigenvalue weighted by atomic mass is 10.0. The average Bonchev–Trinajstić information content (AvgIpc) is 2.69. The topological polar surface area (TPSA) is 70.6 Å². The average molecular weight is 364 g/mol. The molecule has 0 saturated carbocycles. The molecule has 0 atom stereocenters. The maximum absolute atomic E-state index is 12.2. The van der Waals surface area contributed by atoms with E-state index in [0.29, 0.717) is 18.8 Å². The number of amides is 1. The van der Waals surface area contributed by atoms with Crippen LogP contribution in [0, 0.1) is 6.92 Å². The number of benzene rings is 3. The van der Waals surface area contributed by atoms with Gasteiger partial charge in [-0.05, 0) is 35.9 Å². The summed E-state index contributed by atoms with van der Waals surface area (Å²) in [5.41, 5.74) is 2.86. The molecule has 0 fully saturated rings. The molecule has 0 bridgehead atoms. The molecule has 1 amide bonds. The first-order valence-corrected chi connectivity index (χ1v) is 8.99. The molecule has 0 heterocycles. The molecule has 3 aromatic rings. The molecule has 0 unspecified atom stereocenters. The fourth-order valence-electron chi connectivity index (χ4n) is 2.90. The number of aryl methyl sites for hydroxylation is 1. The number of carbonyl (C=O) groups excluding carboxylic acids is 1.